The monoisotopic (exact) mass is 1020 g/mol. The van der Waals surface area contributed by atoms with Crippen LogP contribution < -0.4 is 54.8 Å². The van der Waals surface area contributed by atoms with Crippen molar-refractivity contribution in [3.63, 3.8) is 0 Å². The Balaban J connectivity index is 1.32. The van der Waals surface area contributed by atoms with Crippen LogP contribution in [0.4, 0.5) is 0 Å². The molecule has 0 aliphatic carbocycles. The quantitative estimate of drug-likeness (QED) is 0.0180. The second-order valence-electron chi connectivity index (χ2n) is 18.6. The minimum atomic E-state index is -1.39. The SMILES string of the molecule is CC(C)C[C@H](NC(=O)[C@H](CCCN=C(N)N)NC(=O)[C@H](CCC(N)=O)NC(=O)[C@@H](N)Cc1c[nH]c2ccccc12)C(=O)N[C@@H](Cc1ccc(O)cc1)C(=O)N[C@@H](C)C(=O)N[C@@H](Cc1c[nH]c2ccccc12)C(=O)O. The molecular formula is C51H67N13O10. The van der Waals surface area contributed by atoms with Crippen molar-refractivity contribution < 1.29 is 48.6 Å². The molecule has 0 aliphatic heterocycles. The fraction of sp³-hybridized carbons (Fsp3) is 0.392. The average Bonchev–Trinajstić information content (AvgIpc) is 3.96. The van der Waals surface area contributed by atoms with Crippen LogP contribution in [-0.2, 0) is 57.6 Å². The molecular weight excluding hydrogens is 955 g/mol. The van der Waals surface area contributed by atoms with Gasteiger partial charge in [0.05, 0.1) is 6.04 Å². The van der Waals surface area contributed by atoms with Gasteiger partial charge >= 0.3 is 5.97 Å². The Bertz CT molecular complexity index is 2800. The van der Waals surface area contributed by atoms with Gasteiger partial charge in [0.2, 0.25) is 41.4 Å². The van der Waals surface area contributed by atoms with E-state index in [9.17, 15) is 48.6 Å². The van der Waals surface area contributed by atoms with E-state index in [2.05, 4.69) is 46.9 Å². The maximum atomic E-state index is 14.3. The van der Waals surface area contributed by atoms with Gasteiger partial charge in [-0.3, -0.25) is 38.6 Å². The van der Waals surface area contributed by atoms with E-state index in [-0.39, 0.29) is 75.5 Å². The zero-order valence-electron chi connectivity index (χ0n) is 41.5. The summed E-state index contributed by atoms with van der Waals surface area (Å²) in [6.45, 7) is 4.98. The molecule has 396 valence electrons. The number of primary amides is 1. The zero-order chi connectivity index (χ0) is 54.1. The number of H-pyrrole nitrogens is 2. The Labute approximate surface area is 426 Å². The third-order valence-electron chi connectivity index (χ3n) is 12.2. The number of fused-ring (bicyclic) bond motifs is 2. The lowest BCUT2D eigenvalue weighted by Crippen LogP contribution is -2.60. The lowest BCUT2D eigenvalue weighted by atomic mass is 10.00. The number of guanidine groups is 1. The maximum absolute atomic E-state index is 14.3. The summed E-state index contributed by atoms with van der Waals surface area (Å²) in [7, 11) is 0. The van der Waals surface area contributed by atoms with Crippen molar-refractivity contribution in [1.29, 1.82) is 0 Å². The number of carboxylic acids is 1. The van der Waals surface area contributed by atoms with Crippen LogP contribution in [0.1, 0.15) is 69.6 Å². The first kappa shape index (κ1) is 56.4. The molecule has 23 heteroatoms. The summed E-state index contributed by atoms with van der Waals surface area (Å²) in [6.07, 6.45) is 2.83. The molecule has 0 unspecified atom stereocenters. The van der Waals surface area contributed by atoms with Gasteiger partial charge in [0.25, 0.3) is 0 Å². The molecule has 0 aliphatic rings. The molecule has 0 saturated carbocycles. The smallest absolute Gasteiger partial charge is 0.326 e. The van der Waals surface area contributed by atoms with Crippen molar-refractivity contribution in [3.8, 4) is 5.75 Å². The van der Waals surface area contributed by atoms with Gasteiger partial charge in [-0.15, -0.1) is 0 Å². The minimum absolute atomic E-state index is 0.0389. The number of rotatable bonds is 28. The van der Waals surface area contributed by atoms with Crippen molar-refractivity contribution >= 4 is 75.1 Å². The zero-order valence-corrected chi connectivity index (χ0v) is 41.5. The largest absolute Gasteiger partial charge is 0.508 e. The molecule has 3 aromatic carbocycles. The number of aliphatic carboxylic acids is 1. The summed E-state index contributed by atoms with van der Waals surface area (Å²) in [6, 6.07) is 11.3. The van der Waals surface area contributed by atoms with Crippen LogP contribution >= 0.6 is 0 Å². The molecule has 0 saturated heterocycles. The van der Waals surface area contributed by atoms with Crippen molar-refractivity contribution in [2.24, 2.45) is 33.8 Å². The fourth-order valence-corrected chi connectivity index (χ4v) is 8.23. The number of hydrogen-bond donors (Lipinski definition) is 14. The van der Waals surface area contributed by atoms with Crippen LogP contribution in [0.3, 0.4) is 0 Å². The summed E-state index contributed by atoms with van der Waals surface area (Å²) in [5.41, 5.74) is 26.3. The molecule has 2 heterocycles. The molecule has 0 fully saturated rings. The highest BCUT2D eigenvalue weighted by atomic mass is 16.4. The molecule has 5 rings (SSSR count). The van der Waals surface area contributed by atoms with Crippen LogP contribution in [0.15, 0.2) is 90.2 Å². The van der Waals surface area contributed by atoms with Gasteiger partial charge < -0.3 is 75.0 Å². The van der Waals surface area contributed by atoms with Crippen LogP contribution in [0.25, 0.3) is 21.8 Å². The molecule has 7 atom stereocenters. The molecule has 23 nitrogen and oxygen atoms in total. The van der Waals surface area contributed by atoms with Crippen molar-refractivity contribution in [2.45, 2.75) is 114 Å². The number of phenols is 1. The number of amides is 7. The lowest BCUT2D eigenvalue weighted by molar-refractivity contribution is -0.142. The first-order valence-electron chi connectivity index (χ1n) is 24.2. The topological polar surface area (TPSA) is 397 Å². The number of aromatic amines is 2. The van der Waals surface area contributed by atoms with E-state index < -0.39 is 89.6 Å². The van der Waals surface area contributed by atoms with Gasteiger partial charge in [0, 0.05) is 60.0 Å². The van der Waals surface area contributed by atoms with Gasteiger partial charge in [0.15, 0.2) is 5.96 Å². The molecule has 7 amide bonds. The Morgan fingerprint density at radius 1 is 0.581 bits per heavy atom. The van der Waals surface area contributed by atoms with Crippen LogP contribution in [0, 0.1) is 5.92 Å². The molecule has 2 aromatic heterocycles. The van der Waals surface area contributed by atoms with Gasteiger partial charge in [0.1, 0.15) is 42.0 Å². The highest BCUT2D eigenvalue weighted by Gasteiger charge is 2.34. The fourth-order valence-electron chi connectivity index (χ4n) is 8.23. The van der Waals surface area contributed by atoms with Crippen molar-refractivity contribution in [2.75, 3.05) is 6.54 Å². The van der Waals surface area contributed by atoms with Gasteiger partial charge in [-0.2, -0.15) is 0 Å². The summed E-state index contributed by atoms with van der Waals surface area (Å²) in [5.74, 6) is -7.41. The van der Waals surface area contributed by atoms with Gasteiger partial charge in [-0.25, -0.2) is 4.79 Å². The number of para-hydroxylation sites is 2. The summed E-state index contributed by atoms with van der Waals surface area (Å²) < 4.78 is 0. The van der Waals surface area contributed by atoms with E-state index in [1.807, 2.05) is 42.5 Å². The van der Waals surface area contributed by atoms with Crippen LogP contribution in [0.2, 0.25) is 0 Å². The number of carbonyl (C=O) groups is 8. The van der Waals surface area contributed by atoms with E-state index in [1.165, 1.54) is 31.2 Å². The predicted molar refractivity (Wildman–Crippen MR) is 276 cm³/mol. The standard InChI is InChI=1S/C51H67N13O10/c1-27(2)21-40(49(72)63-41(22-29-14-16-32(65)17-15-29)48(71)59-28(3)44(67)64-42(50(73)74)24-31-26-58-37-12-7-5-10-34(31)37)62-46(69)38(13-8-20-56-51(54)55)61-47(70)39(18-19-43(53)66)60-45(68)35(52)23-30-25-57-36-11-6-4-9-33(30)36/h4-7,9-12,14-17,25-28,35,38-42,57-58,65H,8,13,18-24,52H2,1-3H3,(H2,53,66)(H,59,71)(H,60,68)(H,61,70)(H,62,69)(H,63,72)(H,64,67)(H,73,74)(H4,54,55,56)/t28-,35-,38-,39-,40-,41-,42-/m0/s1. The number of aromatic hydroxyl groups is 1. The molecule has 18 N–H and O–H groups in total. The summed E-state index contributed by atoms with van der Waals surface area (Å²) in [5, 5.41) is 37.3. The van der Waals surface area contributed by atoms with E-state index in [4.69, 9.17) is 22.9 Å². The number of nitrogens with two attached hydrogens (primary N) is 4. The predicted octanol–water partition coefficient (Wildman–Crippen LogP) is 0.0885. The normalized spacial score (nSPS) is 14.1. The first-order valence-corrected chi connectivity index (χ1v) is 24.2. The Morgan fingerprint density at radius 3 is 1.65 bits per heavy atom. The molecule has 0 spiro atoms. The lowest BCUT2D eigenvalue weighted by Gasteiger charge is -2.28. The number of benzene rings is 3. The number of carbonyl (C=O) groups excluding carboxylic acids is 7. The van der Waals surface area contributed by atoms with Gasteiger partial charge in [-0.05, 0) is 85.9 Å². The van der Waals surface area contributed by atoms with Crippen molar-refractivity contribution in [1.82, 2.24) is 41.9 Å². The molecule has 74 heavy (non-hydrogen) atoms. The average molecular weight is 1020 g/mol. The van der Waals surface area contributed by atoms with E-state index in [1.54, 1.807) is 32.3 Å². The number of hydrogen-bond acceptors (Lipinski definition) is 11. The number of nitrogens with one attached hydrogen (secondary N) is 8. The molecule has 0 bridgehead atoms. The van der Waals surface area contributed by atoms with E-state index in [0.29, 0.717) is 11.1 Å². The Hall–Kier alpha value is -8.47. The van der Waals surface area contributed by atoms with Crippen LogP contribution in [-0.4, -0.2) is 122 Å². The second kappa shape index (κ2) is 26.8. The van der Waals surface area contributed by atoms with Gasteiger partial charge in [-0.1, -0.05) is 62.4 Å². The van der Waals surface area contributed by atoms with Crippen LogP contribution in [0.5, 0.6) is 5.75 Å². The maximum Gasteiger partial charge on any atom is 0.326 e. The molecule has 0 radical (unpaired) electrons. The Kier molecular flexibility index (Phi) is 20.5. The van der Waals surface area contributed by atoms with Crippen molar-refractivity contribution in [3.05, 3.63) is 102 Å². The number of phenolic OH excluding ortho intramolecular Hbond substituents is 1. The number of aromatic nitrogens is 2. The highest BCUT2D eigenvalue weighted by molar-refractivity contribution is 5.97. The summed E-state index contributed by atoms with van der Waals surface area (Å²) >= 11 is 0. The highest BCUT2D eigenvalue weighted by Crippen LogP contribution is 2.21. The number of carboxylic acid groups (broad SMARTS) is 1. The number of aliphatic imine (C=N–C) groups is 1. The third kappa shape index (κ3) is 16.8. The number of nitrogens with zero attached hydrogens (tertiary/aromatic N) is 1. The summed E-state index contributed by atoms with van der Waals surface area (Å²) in [4.78, 5) is 118. The third-order valence-corrected chi connectivity index (χ3v) is 12.2. The van der Waals surface area contributed by atoms with E-state index >= 15 is 0 Å². The first-order chi connectivity index (χ1) is 35.2. The Morgan fingerprint density at radius 2 is 1.08 bits per heavy atom. The van der Waals surface area contributed by atoms with E-state index in [0.717, 1.165) is 27.4 Å². The second-order valence-corrected chi connectivity index (χ2v) is 18.6. The minimum Gasteiger partial charge on any atom is -0.508 e. The molecule has 5 aromatic rings.